The molecule has 1 aromatic rings. The van der Waals surface area contributed by atoms with Crippen LogP contribution >= 0.6 is 23.0 Å². The zero-order valence-electron chi connectivity index (χ0n) is 12.5. The molecule has 1 fully saturated rings. The minimum Gasteiger partial charge on any atom is -0.482 e. The molecule has 22 heavy (non-hydrogen) atoms. The van der Waals surface area contributed by atoms with Gasteiger partial charge in [-0.05, 0) is 48.6 Å². The molecule has 6 atom stereocenters. The summed E-state index contributed by atoms with van der Waals surface area (Å²) in [7, 11) is 0. The van der Waals surface area contributed by atoms with Crippen LogP contribution in [0.15, 0.2) is 24.3 Å². The largest absolute Gasteiger partial charge is 0.482 e. The fourth-order valence-electron chi connectivity index (χ4n) is 5.65. The third-order valence-electron chi connectivity index (χ3n) is 6.59. The summed E-state index contributed by atoms with van der Waals surface area (Å²) in [6.07, 6.45) is 7.00. The van der Waals surface area contributed by atoms with E-state index < -0.39 is 6.10 Å². The molecule has 1 aromatic carbocycles. The normalized spacial score (nSPS) is 43.5. The maximum absolute atomic E-state index is 10.6. The maximum Gasteiger partial charge on any atom is 0.192 e. The van der Waals surface area contributed by atoms with Crippen LogP contribution in [0.5, 0.6) is 11.5 Å². The average Bonchev–Trinajstić information content (AvgIpc) is 2.88. The molecule has 3 nitrogen and oxygen atoms in total. The Bertz CT molecular complexity index is 685. The van der Waals surface area contributed by atoms with Crippen molar-refractivity contribution >= 4 is 23.0 Å². The molecule has 1 heterocycles. The van der Waals surface area contributed by atoms with Crippen molar-refractivity contribution in [3.63, 3.8) is 0 Å². The Morgan fingerprint density at radius 3 is 3.05 bits per heavy atom. The van der Waals surface area contributed by atoms with Crippen molar-refractivity contribution in [2.45, 2.75) is 43.8 Å². The Balaban J connectivity index is 1.82. The molecule has 4 aliphatic rings. The smallest absolute Gasteiger partial charge is 0.192 e. The summed E-state index contributed by atoms with van der Waals surface area (Å²) in [5.41, 5.74) is 2.70. The van der Waals surface area contributed by atoms with Crippen LogP contribution in [0.2, 0.25) is 0 Å². The predicted octanol–water partition coefficient (Wildman–Crippen LogP) is 3.56. The number of benzene rings is 1. The number of rotatable bonds is 1. The Labute approximate surface area is 144 Å². The van der Waals surface area contributed by atoms with Gasteiger partial charge in [-0.3, -0.25) is 0 Å². The zero-order valence-corrected chi connectivity index (χ0v) is 14.6. The number of hydrogen-bond donors (Lipinski definition) is 1. The standard InChI is InChI=1S/C18H19IO3/c1-9-6-7-18-12-3-4-13(20)17(18)21-16-14(22-19)5-2-10(15(16)18)8-11(9)12/h2-5,9,11-13,17,20H,6-8H2,1H3/t9?,11?,12?,13-,17-,18-/m0/s1. The van der Waals surface area contributed by atoms with Crippen molar-refractivity contribution in [2.24, 2.45) is 17.8 Å². The topological polar surface area (TPSA) is 38.7 Å². The van der Waals surface area contributed by atoms with E-state index in [1.54, 1.807) is 0 Å². The van der Waals surface area contributed by atoms with Gasteiger partial charge in [0, 0.05) is 11.0 Å². The van der Waals surface area contributed by atoms with Crippen LogP contribution in [0.4, 0.5) is 0 Å². The first-order chi connectivity index (χ1) is 10.7. The SMILES string of the molecule is CC1CC[C@]23c4c5ccc(OI)c4O[C@H]2[C@@H](O)C=CC3C1C5. The van der Waals surface area contributed by atoms with Crippen molar-refractivity contribution in [3.05, 3.63) is 35.4 Å². The number of ether oxygens (including phenoxy) is 1. The second-order valence-electron chi connectivity index (χ2n) is 7.37. The second kappa shape index (κ2) is 4.41. The molecule has 0 radical (unpaired) electrons. The van der Waals surface area contributed by atoms with Gasteiger partial charge in [0.05, 0.1) is 0 Å². The van der Waals surface area contributed by atoms with Gasteiger partial charge in [-0.15, -0.1) is 0 Å². The van der Waals surface area contributed by atoms with Gasteiger partial charge in [0.1, 0.15) is 12.2 Å². The lowest BCUT2D eigenvalue weighted by molar-refractivity contribution is -0.0399. The van der Waals surface area contributed by atoms with Crippen molar-refractivity contribution in [3.8, 4) is 11.5 Å². The van der Waals surface area contributed by atoms with Gasteiger partial charge in [0.15, 0.2) is 34.5 Å². The fourth-order valence-corrected chi connectivity index (χ4v) is 6.00. The molecule has 2 bridgehead atoms. The molecule has 0 aromatic heterocycles. The molecule has 1 saturated carbocycles. The summed E-state index contributed by atoms with van der Waals surface area (Å²) in [4.78, 5) is 0. The van der Waals surface area contributed by atoms with E-state index in [0.717, 1.165) is 30.3 Å². The van der Waals surface area contributed by atoms with Gasteiger partial charge < -0.3 is 12.9 Å². The maximum atomic E-state index is 10.6. The monoisotopic (exact) mass is 410 g/mol. The molecule has 1 aliphatic heterocycles. The van der Waals surface area contributed by atoms with Gasteiger partial charge in [0.25, 0.3) is 0 Å². The molecule has 116 valence electrons. The summed E-state index contributed by atoms with van der Waals surface area (Å²) >= 11 is 1.92. The Morgan fingerprint density at radius 2 is 2.23 bits per heavy atom. The van der Waals surface area contributed by atoms with Gasteiger partial charge in [0.2, 0.25) is 0 Å². The Hall–Kier alpha value is -0.750. The number of aliphatic hydroxyl groups excluding tert-OH is 1. The third-order valence-corrected chi connectivity index (χ3v) is 7.07. The first kappa shape index (κ1) is 13.7. The summed E-state index contributed by atoms with van der Waals surface area (Å²) in [6, 6.07) is 4.24. The van der Waals surface area contributed by atoms with E-state index in [1.807, 2.05) is 35.1 Å². The van der Waals surface area contributed by atoms with Crippen molar-refractivity contribution in [1.82, 2.24) is 0 Å². The second-order valence-corrected chi connectivity index (χ2v) is 7.81. The molecule has 3 unspecified atom stereocenters. The molecule has 3 aliphatic carbocycles. The lowest BCUT2D eigenvalue weighted by atomic mass is 9.48. The lowest BCUT2D eigenvalue weighted by Crippen LogP contribution is -2.59. The van der Waals surface area contributed by atoms with E-state index in [4.69, 9.17) is 7.80 Å². The van der Waals surface area contributed by atoms with Crippen LogP contribution in [0.25, 0.3) is 0 Å². The van der Waals surface area contributed by atoms with E-state index in [1.165, 1.54) is 17.5 Å². The Kier molecular flexibility index (Phi) is 2.74. The minimum atomic E-state index is -0.522. The highest BCUT2D eigenvalue weighted by atomic mass is 127. The average molecular weight is 410 g/mol. The first-order valence-corrected chi connectivity index (χ1v) is 9.03. The highest BCUT2D eigenvalue weighted by Crippen LogP contribution is 2.65. The highest BCUT2D eigenvalue weighted by molar-refractivity contribution is 14.1. The first-order valence-electron chi connectivity index (χ1n) is 8.15. The number of allylic oxidation sites excluding steroid dienone is 1. The van der Waals surface area contributed by atoms with Crippen LogP contribution in [-0.2, 0) is 11.8 Å². The molecule has 1 N–H and O–H groups in total. The molecule has 0 saturated heterocycles. The minimum absolute atomic E-state index is 0.0422. The molecular weight excluding hydrogens is 391 g/mol. The Morgan fingerprint density at radius 1 is 1.36 bits per heavy atom. The van der Waals surface area contributed by atoms with Gasteiger partial charge in [-0.2, -0.15) is 0 Å². The predicted molar refractivity (Wildman–Crippen MR) is 91.4 cm³/mol. The molecular formula is C18H19IO3. The van der Waals surface area contributed by atoms with E-state index in [-0.39, 0.29) is 11.5 Å². The lowest BCUT2D eigenvalue weighted by Gasteiger charge is -2.55. The van der Waals surface area contributed by atoms with Crippen LogP contribution < -0.4 is 7.80 Å². The molecule has 1 spiro atoms. The zero-order chi connectivity index (χ0) is 15.1. The molecule has 4 heteroatoms. The van der Waals surface area contributed by atoms with E-state index in [0.29, 0.717) is 11.8 Å². The summed E-state index contributed by atoms with van der Waals surface area (Å²) in [5.74, 6) is 3.56. The quantitative estimate of drug-likeness (QED) is 0.569. The fraction of sp³-hybridized carbons (Fsp3) is 0.556. The van der Waals surface area contributed by atoms with E-state index in [2.05, 4.69) is 19.1 Å². The van der Waals surface area contributed by atoms with Crippen LogP contribution in [-0.4, -0.2) is 17.3 Å². The summed E-state index contributed by atoms with van der Waals surface area (Å²) < 4.78 is 11.8. The highest BCUT2D eigenvalue weighted by Gasteiger charge is 2.64. The van der Waals surface area contributed by atoms with Gasteiger partial charge >= 0.3 is 0 Å². The van der Waals surface area contributed by atoms with E-state index in [9.17, 15) is 5.11 Å². The van der Waals surface area contributed by atoms with Crippen LogP contribution in [0, 0.1) is 17.8 Å². The van der Waals surface area contributed by atoms with Crippen LogP contribution in [0.1, 0.15) is 30.9 Å². The van der Waals surface area contributed by atoms with Crippen LogP contribution in [0.3, 0.4) is 0 Å². The van der Waals surface area contributed by atoms with E-state index >= 15 is 0 Å². The molecule has 0 amide bonds. The van der Waals surface area contributed by atoms with Gasteiger partial charge in [-0.25, -0.2) is 0 Å². The van der Waals surface area contributed by atoms with Gasteiger partial charge in [-0.1, -0.05) is 25.1 Å². The summed E-state index contributed by atoms with van der Waals surface area (Å²) in [6.45, 7) is 2.38. The summed E-state index contributed by atoms with van der Waals surface area (Å²) in [5, 5.41) is 10.6. The number of aliphatic hydroxyl groups is 1. The van der Waals surface area contributed by atoms with Crippen molar-refractivity contribution < 1.29 is 12.9 Å². The van der Waals surface area contributed by atoms with Crippen molar-refractivity contribution in [2.75, 3.05) is 0 Å². The third kappa shape index (κ3) is 1.42. The number of halogens is 1. The number of hydrogen-bond acceptors (Lipinski definition) is 3. The van der Waals surface area contributed by atoms with Crippen molar-refractivity contribution in [1.29, 1.82) is 0 Å². The molecule has 5 rings (SSSR count).